The van der Waals surface area contributed by atoms with Gasteiger partial charge in [-0.05, 0) is 45.1 Å². The van der Waals surface area contributed by atoms with Crippen LogP contribution in [0.4, 0.5) is 0 Å². The maximum absolute atomic E-state index is 11.4. The van der Waals surface area contributed by atoms with Crippen LogP contribution in [0.3, 0.4) is 0 Å². The molecular weight excluding hydrogens is 230 g/mol. The summed E-state index contributed by atoms with van der Waals surface area (Å²) in [6.45, 7) is 3.87. The molecule has 0 radical (unpaired) electrons. The second-order valence-corrected chi connectivity index (χ2v) is 5.94. The highest BCUT2D eigenvalue weighted by atomic mass is 16.5. The molecule has 0 aromatic carbocycles. The van der Waals surface area contributed by atoms with Crippen LogP contribution in [0.15, 0.2) is 0 Å². The number of carbonyl (C=O) groups is 1. The fourth-order valence-electron chi connectivity index (χ4n) is 3.45. The van der Waals surface area contributed by atoms with E-state index in [0.29, 0.717) is 12.0 Å². The van der Waals surface area contributed by atoms with E-state index in [9.17, 15) is 9.90 Å². The van der Waals surface area contributed by atoms with Crippen molar-refractivity contribution in [1.82, 2.24) is 4.90 Å². The van der Waals surface area contributed by atoms with Gasteiger partial charge in [-0.1, -0.05) is 6.92 Å². The lowest BCUT2D eigenvalue weighted by Crippen LogP contribution is -2.50. The molecule has 1 N–H and O–H groups in total. The molecule has 4 heteroatoms. The fraction of sp³-hybridized carbons (Fsp3) is 0.929. The summed E-state index contributed by atoms with van der Waals surface area (Å²) < 4.78 is 5.39. The number of nitrogens with zero attached hydrogens (tertiary/aromatic N) is 1. The average molecular weight is 255 g/mol. The Bertz CT molecular complexity index is 289. The van der Waals surface area contributed by atoms with Crippen LogP contribution in [0.1, 0.15) is 39.0 Å². The summed E-state index contributed by atoms with van der Waals surface area (Å²) in [6.07, 6.45) is 4.97. The van der Waals surface area contributed by atoms with Crippen LogP contribution in [-0.4, -0.2) is 48.3 Å². The van der Waals surface area contributed by atoms with E-state index in [1.165, 1.54) is 0 Å². The van der Waals surface area contributed by atoms with E-state index in [0.717, 1.165) is 45.3 Å². The largest absolute Gasteiger partial charge is 0.481 e. The highest BCUT2D eigenvalue weighted by Gasteiger charge is 2.38. The zero-order valence-corrected chi connectivity index (χ0v) is 11.5. The molecule has 1 heterocycles. The number of ether oxygens (including phenoxy) is 1. The Morgan fingerprint density at radius 2 is 1.89 bits per heavy atom. The first-order valence-electron chi connectivity index (χ1n) is 7.12. The molecule has 3 unspecified atom stereocenters. The lowest BCUT2D eigenvalue weighted by Gasteiger charge is -2.43. The normalized spacial score (nSPS) is 34.7. The molecule has 1 aliphatic heterocycles. The highest BCUT2D eigenvalue weighted by Crippen LogP contribution is 2.33. The molecule has 0 bridgehead atoms. The smallest absolute Gasteiger partial charge is 0.308 e. The SMILES string of the molecule is CC1CCC(C(=O)O)C(N(C)C2CCOCC2)C1. The number of aliphatic carboxylic acids is 1. The summed E-state index contributed by atoms with van der Waals surface area (Å²) in [5.74, 6) is -0.159. The van der Waals surface area contributed by atoms with Crippen molar-refractivity contribution in [2.45, 2.75) is 51.1 Å². The molecule has 18 heavy (non-hydrogen) atoms. The van der Waals surface area contributed by atoms with Crippen molar-refractivity contribution in [2.24, 2.45) is 11.8 Å². The molecule has 0 amide bonds. The lowest BCUT2D eigenvalue weighted by atomic mass is 9.77. The molecule has 1 saturated carbocycles. The lowest BCUT2D eigenvalue weighted by molar-refractivity contribution is -0.146. The van der Waals surface area contributed by atoms with Crippen LogP contribution in [-0.2, 0) is 9.53 Å². The Labute approximate surface area is 109 Å². The third kappa shape index (κ3) is 3.04. The van der Waals surface area contributed by atoms with Gasteiger partial charge in [-0.3, -0.25) is 9.69 Å². The van der Waals surface area contributed by atoms with Gasteiger partial charge in [0, 0.05) is 25.3 Å². The first-order valence-corrected chi connectivity index (χ1v) is 7.12. The zero-order chi connectivity index (χ0) is 13.1. The first kappa shape index (κ1) is 13.8. The number of carboxylic acids is 1. The fourth-order valence-corrected chi connectivity index (χ4v) is 3.45. The molecule has 2 rings (SSSR count). The molecule has 1 aliphatic carbocycles. The molecule has 3 atom stereocenters. The van der Waals surface area contributed by atoms with Crippen LogP contribution in [0.25, 0.3) is 0 Å². The topological polar surface area (TPSA) is 49.8 Å². The number of hydrogen-bond donors (Lipinski definition) is 1. The molecule has 4 nitrogen and oxygen atoms in total. The number of rotatable bonds is 3. The molecule has 0 aromatic heterocycles. The van der Waals surface area contributed by atoms with Gasteiger partial charge in [0.05, 0.1) is 5.92 Å². The van der Waals surface area contributed by atoms with Gasteiger partial charge in [-0.2, -0.15) is 0 Å². The Morgan fingerprint density at radius 3 is 2.50 bits per heavy atom. The van der Waals surface area contributed by atoms with Gasteiger partial charge in [0.25, 0.3) is 0 Å². The van der Waals surface area contributed by atoms with E-state index in [-0.39, 0.29) is 12.0 Å². The minimum absolute atomic E-state index is 0.186. The van der Waals surface area contributed by atoms with E-state index in [2.05, 4.69) is 18.9 Å². The Kier molecular flexibility index (Phi) is 4.62. The van der Waals surface area contributed by atoms with E-state index < -0.39 is 5.97 Å². The minimum Gasteiger partial charge on any atom is -0.481 e. The minimum atomic E-state index is -0.620. The summed E-state index contributed by atoms with van der Waals surface area (Å²) in [5, 5.41) is 9.39. The van der Waals surface area contributed by atoms with E-state index in [1.54, 1.807) is 0 Å². The highest BCUT2D eigenvalue weighted by molar-refractivity contribution is 5.71. The summed E-state index contributed by atoms with van der Waals surface area (Å²) in [5.41, 5.74) is 0. The van der Waals surface area contributed by atoms with Crippen molar-refractivity contribution >= 4 is 5.97 Å². The predicted octanol–water partition coefficient (Wildman–Crippen LogP) is 1.99. The van der Waals surface area contributed by atoms with Gasteiger partial charge >= 0.3 is 5.97 Å². The van der Waals surface area contributed by atoms with Crippen LogP contribution in [0.2, 0.25) is 0 Å². The van der Waals surface area contributed by atoms with Gasteiger partial charge < -0.3 is 9.84 Å². The monoisotopic (exact) mass is 255 g/mol. The van der Waals surface area contributed by atoms with Crippen molar-refractivity contribution in [1.29, 1.82) is 0 Å². The molecule has 1 saturated heterocycles. The molecular formula is C14H25NO3. The maximum Gasteiger partial charge on any atom is 0.308 e. The third-order valence-electron chi connectivity index (χ3n) is 4.69. The third-order valence-corrected chi connectivity index (χ3v) is 4.69. The van der Waals surface area contributed by atoms with E-state index in [4.69, 9.17) is 4.74 Å². The second-order valence-electron chi connectivity index (χ2n) is 5.94. The Balaban J connectivity index is 2.03. The standard InChI is InChI=1S/C14H25NO3/c1-10-3-4-12(14(16)17)13(9-10)15(2)11-5-7-18-8-6-11/h10-13H,3-9H2,1-2H3,(H,16,17). The predicted molar refractivity (Wildman–Crippen MR) is 69.5 cm³/mol. The Hall–Kier alpha value is -0.610. The van der Waals surface area contributed by atoms with Gasteiger partial charge in [-0.25, -0.2) is 0 Å². The quantitative estimate of drug-likeness (QED) is 0.838. The molecule has 2 fully saturated rings. The van der Waals surface area contributed by atoms with E-state index in [1.807, 2.05) is 0 Å². The van der Waals surface area contributed by atoms with Crippen molar-refractivity contribution in [3.8, 4) is 0 Å². The number of carboxylic acid groups (broad SMARTS) is 1. The van der Waals surface area contributed by atoms with Gasteiger partial charge in [0.1, 0.15) is 0 Å². The molecule has 0 spiro atoms. The van der Waals surface area contributed by atoms with Gasteiger partial charge in [0.2, 0.25) is 0 Å². The van der Waals surface area contributed by atoms with Gasteiger partial charge in [-0.15, -0.1) is 0 Å². The van der Waals surface area contributed by atoms with Crippen molar-refractivity contribution < 1.29 is 14.6 Å². The van der Waals surface area contributed by atoms with Crippen molar-refractivity contribution in [3.63, 3.8) is 0 Å². The molecule has 2 aliphatic rings. The zero-order valence-electron chi connectivity index (χ0n) is 11.5. The first-order chi connectivity index (χ1) is 8.59. The van der Waals surface area contributed by atoms with Crippen molar-refractivity contribution in [2.75, 3.05) is 20.3 Å². The van der Waals surface area contributed by atoms with Crippen molar-refractivity contribution in [3.05, 3.63) is 0 Å². The maximum atomic E-state index is 11.4. The summed E-state index contributed by atoms with van der Waals surface area (Å²) >= 11 is 0. The van der Waals surface area contributed by atoms with Crippen LogP contribution in [0.5, 0.6) is 0 Å². The number of hydrogen-bond acceptors (Lipinski definition) is 3. The average Bonchev–Trinajstić information content (AvgIpc) is 2.38. The summed E-state index contributed by atoms with van der Waals surface area (Å²) in [4.78, 5) is 13.7. The molecule has 0 aromatic rings. The Morgan fingerprint density at radius 1 is 1.22 bits per heavy atom. The van der Waals surface area contributed by atoms with Crippen LogP contribution < -0.4 is 0 Å². The summed E-state index contributed by atoms with van der Waals surface area (Å²) in [6, 6.07) is 0.699. The van der Waals surface area contributed by atoms with Crippen LogP contribution >= 0.6 is 0 Å². The second kappa shape index (κ2) is 6.02. The summed E-state index contributed by atoms with van der Waals surface area (Å²) in [7, 11) is 2.11. The van der Waals surface area contributed by atoms with Gasteiger partial charge in [0.15, 0.2) is 0 Å². The molecule has 104 valence electrons. The van der Waals surface area contributed by atoms with E-state index >= 15 is 0 Å². The van der Waals surface area contributed by atoms with Crippen LogP contribution in [0, 0.1) is 11.8 Å².